The summed E-state index contributed by atoms with van der Waals surface area (Å²) in [6, 6.07) is 14.0. The second-order valence-electron chi connectivity index (χ2n) is 7.14. The Labute approximate surface area is 168 Å². The Morgan fingerprint density at radius 2 is 1.82 bits per heavy atom. The topological polar surface area (TPSA) is 86.9 Å². The lowest BCUT2D eigenvalue weighted by Crippen LogP contribution is -2.45. The van der Waals surface area contributed by atoms with E-state index in [1.807, 2.05) is 38.1 Å². The number of H-pyrrole nitrogens is 1. The van der Waals surface area contributed by atoms with Crippen molar-refractivity contribution in [2.45, 2.75) is 32.7 Å². The van der Waals surface area contributed by atoms with Crippen LogP contribution in [-0.4, -0.2) is 27.8 Å². The van der Waals surface area contributed by atoms with Crippen LogP contribution in [0.15, 0.2) is 48.5 Å². The van der Waals surface area contributed by atoms with Crippen molar-refractivity contribution in [3.8, 4) is 0 Å². The minimum absolute atomic E-state index is 0.184. The number of carbonyl (C=O) groups excluding carboxylic acids is 2. The maximum Gasteiger partial charge on any atom is 0.249 e. The Balaban J connectivity index is 1.66. The monoisotopic (exact) mass is 398 g/mol. The molecule has 0 bridgehead atoms. The first-order valence-electron chi connectivity index (χ1n) is 9.20. The Kier molecular flexibility index (Phi) is 6.31. The van der Waals surface area contributed by atoms with Gasteiger partial charge >= 0.3 is 0 Å². The number of aromatic amines is 1. The third-order valence-electron chi connectivity index (χ3n) is 4.27. The SMILES string of the molecule is CC(C)C[C@H](NC(=O)Cc1ccc(Cl)cc1)C(=O)Nc1nc2ccccc2[nH]1. The Morgan fingerprint density at radius 3 is 2.50 bits per heavy atom. The van der Waals surface area contributed by atoms with Gasteiger partial charge in [-0.1, -0.05) is 49.7 Å². The highest BCUT2D eigenvalue weighted by molar-refractivity contribution is 6.30. The third-order valence-corrected chi connectivity index (χ3v) is 4.52. The summed E-state index contributed by atoms with van der Waals surface area (Å²) in [5.74, 6) is 0.0964. The van der Waals surface area contributed by atoms with Crippen molar-refractivity contribution in [3.63, 3.8) is 0 Å². The van der Waals surface area contributed by atoms with Gasteiger partial charge in [0.15, 0.2) is 0 Å². The Hall–Kier alpha value is -2.86. The first-order chi connectivity index (χ1) is 13.4. The second kappa shape index (κ2) is 8.89. The molecule has 146 valence electrons. The molecule has 0 radical (unpaired) electrons. The number of rotatable bonds is 7. The molecule has 0 aliphatic heterocycles. The summed E-state index contributed by atoms with van der Waals surface area (Å²) in [6.45, 7) is 4.01. The molecule has 3 N–H and O–H groups in total. The summed E-state index contributed by atoms with van der Waals surface area (Å²) in [4.78, 5) is 32.6. The van der Waals surface area contributed by atoms with Crippen LogP contribution in [0.5, 0.6) is 0 Å². The van der Waals surface area contributed by atoms with Gasteiger partial charge in [0.05, 0.1) is 17.5 Å². The molecule has 0 saturated heterocycles. The van der Waals surface area contributed by atoms with Gasteiger partial charge in [-0.25, -0.2) is 4.98 Å². The highest BCUT2D eigenvalue weighted by atomic mass is 35.5. The maximum atomic E-state index is 12.8. The molecule has 1 atom stereocenters. The van der Waals surface area contributed by atoms with Crippen LogP contribution >= 0.6 is 11.6 Å². The van der Waals surface area contributed by atoms with E-state index in [9.17, 15) is 9.59 Å². The first kappa shape index (κ1) is 19.9. The summed E-state index contributed by atoms with van der Waals surface area (Å²) in [5.41, 5.74) is 2.44. The number of nitrogens with zero attached hydrogens (tertiary/aromatic N) is 1. The summed E-state index contributed by atoms with van der Waals surface area (Å²) >= 11 is 5.88. The fourth-order valence-corrected chi connectivity index (χ4v) is 3.08. The van der Waals surface area contributed by atoms with Gasteiger partial charge in [0.1, 0.15) is 6.04 Å². The molecule has 2 amide bonds. The second-order valence-corrected chi connectivity index (χ2v) is 7.58. The highest BCUT2D eigenvalue weighted by Crippen LogP contribution is 2.15. The van der Waals surface area contributed by atoms with Gasteiger partial charge in [-0.2, -0.15) is 0 Å². The highest BCUT2D eigenvalue weighted by Gasteiger charge is 2.23. The number of hydrogen-bond donors (Lipinski definition) is 3. The number of fused-ring (bicyclic) bond motifs is 1. The number of carbonyl (C=O) groups is 2. The summed E-state index contributed by atoms with van der Waals surface area (Å²) in [6.07, 6.45) is 0.710. The molecule has 3 aromatic rings. The molecule has 0 saturated carbocycles. The van der Waals surface area contributed by atoms with Crippen molar-refractivity contribution >= 4 is 40.4 Å². The maximum absolute atomic E-state index is 12.8. The number of nitrogens with one attached hydrogen (secondary N) is 3. The molecular formula is C21H23ClN4O2. The van der Waals surface area contributed by atoms with Gasteiger partial charge in [0.25, 0.3) is 0 Å². The van der Waals surface area contributed by atoms with Crippen LogP contribution in [0.3, 0.4) is 0 Å². The molecule has 7 heteroatoms. The van der Waals surface area contributed by atoms with Gasteiger partial charge in [0.2, 0.25) is 17.8 Å². The fraction of sp³-hybridized carbons (Fsp3) is 0.286. The van der Waals surface area contributed by atoms with Crippen molar-refractivity contribution in [2.24, 2.45) is 5.92 Å². The van der Waals surface area contributed by atoms with Gasteiger partial charge in [0, 0.05) is 5.02 Å². The molecule has 0 aliphatic carbocycles. The molecular weight excluding hydrogens is 376 g/mol. The van der Waals surface area contributed by atoms with Gasteiger partial charge in [-0.05, 0) is 42.2 Å². The van der Waals surface area contributed by atoms with E-state index in [4.69, 9.17) is 11.6 Å². The molecule has 3 rings (SSSR count). The number of halogens is 1. The lowest BCUT2D eigenvalue weighted by molar-refractivity contribution is -0.126. The van der Waals surface area contributed by atoms with E-state index >= 15 is 0 Å². The lowest BCUT2D eigenvalue weighted by atomic mass is 10.0. The minimum Gasteiger partial charge on any atom is -0.344 e. The van der Waals surface area contributed by atoms with Crippen molar-refractivity contribution in [1.29, 1.82) is 0 Å². The molecule has 0 spiro atoms. The predicted octanol–water partition coefficient (Wildman–Crippen LogP) is 3.93. The van der Waals surface area contributed by atoms with E-state index in [-0.39, 0.29) is 24.2 Å². The summed E-state index contributed by atoms with van der Waals surface area (Å²) < 4.78 is 0. The van der Waals surface area contributed by atoms with Gasteiger partial charge in [-0.15, -0.1) is 0 Å². The van der Waals surface area contributed by atoms with Crippen LogP contribution in [0.1, 0.15) is 25.8 Å². The van der Waals surface area contributed by atoms with E-state index in [1.165, 1.54) is 0 Å². The minimum atomic E-state index is -0.645. The van der Waals surface area contributed by atoms with Crippen molar-refractivity contribution in [2.75, 3.05) is 5.32 Å². The number of hydrogen-bond acceptors (Lipinski definition) is 3. The average Bonchev–Trinajstić information content (AvgIpc) is 3.05. The summed E-state index contributed by atoms with van der Waals surface area (Å²) in [7, 11) is 0. The van der Waals surface area contributed by atoms with Crippen LogP contribution in [0.4, 0.5) is 5.95 Å². The molecule has 6 nitrogen and oxygen atoms in total. The van der Waals surface area contributed by atoms with E-state index in [0.717, 1.165) is 16.6 Å². The molecule has 1 aromatic heterocycles. The molecule has 1 heterocycles. The quantitative estimate of drug-likeness (QED) is 0.563. The zero-order chi connectivity index (χ0) is 20.1. The zero-order valence-corrected chi connectivity index (χ0v) is 16.6. The first-order valence-corrected chi connectivity index (χ1v) is 9.58. The summed E-state index contributed by atoms with van der Waals surface area (Å²) in [5, 5.41) is 6.23. The lowest BCUT2D eigenvalue weighted by Gasteiger charge is -2.19. The fourth-order valence-electron chi connectivity index (χ4n) is 2.95. The Bertz CT molecular complexity index is 933. The predicted molar refractivity (Wildman–Crippen MR) is 111 cm³/mol. The number of benzene rings is 2. The number of para-hydroxylation sites is 2. The van der Waals surface area contributed by atoms with Gasteiger partial charge in [-0.3, -0.25) is 14.9 Å². The number of aromatic nitrogens is 2. The Morgan fingerprint density at radius 1 is 1.11 bits per heavy atom. The number of anilines is 1. The number of imidazole rings is 1. The average molecular weight is 399 g/mol. The van der Waals surface area contributed by atoms with Crippen LogP contribution in [0.2, 0.25) is 5.02 Å². The molecule has 0 aliphatic rings. The van der Waals surface area contributed by atoms with E-state index < -0.39 is 6.04 Å². The smallest absolute Gasteiger partial charge is 0.249 e. The molecule has 2 aromatic carbocycles. The third kappa shape index (κ3) is 5.33. The van der Waals surface area contributed by atoms with Crippen LogP contribution < -0.4 is 10.6 Å². The normalized spacial score (nSPS) is 12.1. The molecule has 0 fully saturated rings. The number of amides is 2. The van der Waals surface area contributed by atoms with Crippen LogP contribution in [-0.2, 0) is 16.0 Å². The van der Waals surface area contributed by atoms with Crippen LogP contribution in [0.25, 0.3) is 11.0 Å². The zero-order valence-electron chi connectivity index (χ0n) is 15.8. The van der Waals surface area contributed by atoms with Crippen molar-refractivity contribution in [3.05, 3.63) is 59.1 Å². The molecule has 28 heavy (non-hydrogen) atoms. The van der Waals surface area contributed by atoms with Crippen molar-refractivity contribution < 1.29 is 9.59 Å². The van der Waals surface area contributed by atoms with E-state index in [2.05, 4.69) is 20.6 Å². The largest absolute Gasteiger partial charge is 0.344 e. The van der Waals surface area contributed by atoms with E-state index in [1.54, 1.807) is 24.3 Å². The van der Waals surface area contributed by atoms with E-state index in [0.29, 0.717) is 17.4 Å². The molecule has 0 unspecified atom stereocenters. The van der Waals surface area contributed by atoms with Gasteiger partial charge < -0.3 is 10.3 Å². The van der Waals surface area contributed by atoms with Crippen molar-refractivity contribution in [1.82, 2.24) is 15.3 Å². The standard InChI is InChI=1S/C21H23ClN4O2/c1-13(2)11-18(23-19(27)12-14-7-9-15(22)10-8-14)20(28)26-21-24-16-5-3-4-6-17(16)25-21/h3-10,13,18H,11-12H2,1-2H3,(H,23,27)(H2,24,25,26,28)/t18-/m0/s1. The van der Waals surface area contributed by atoms with Crippen LogP contribution in [0, 0.1) is 5.92 Å².